The minimum Gasteiger partial charge on any atom is -0.484 e. The van der Waals surface area contributed by atoms with Crippen LogP contribution in [0, 0.1) is 6.92 Å². The van der Waals surface area contributed by atoms with Crippen molar-refractivity contribution in [1.82, 2.24) is 19.2 Å². The van der Waals surface area contributed by atoms with E-state index in [2.05, 4.69) is 5.10 Å². The maximum atomic E-state index is 12.9. The first-order valence-corrected chi connectivity index (χ1v) is 8.87. The Hall–Kier alpha value is -2.78. The number of nitrogens with zero attached hydrogens (tertiary/aromatic N) is 4. The number of benzene rings is 1. The summed E-state index contributed by atoms with van der Waals surface area (Å²) in [6, 6.07) is 6.87. The van der Waals surface area contributed by atoms with Crippen molar-refractivity contribution in [2.75, 3.05) is 19.7 Å². The predicted octanol–water partition coefficient (Wildman–Crippen LogP) is 2.15. The SMILES string of the molecule is Cc1ccccc1OCC(=O)N1CCC(n2nc(C(F)(F)F)n(C)c2=O)CC1. The van der Waals surface area contributed by atoms with Crippen molar-refractivity contribution >= 4 is 5.91 Å². The van der Waals surface area contributed by atoms with Gasteiger partial charge >= 0.3 is 11.9 Å². The Kier molecular flexibility index (Phi) is 5.48. The number of carbonyl (C=O) groups is 1. The van der Waals surface area contributed by atoms with Gasteiger partial charge in [-0.05, 0) is 31.4 Å². The molecule has 0 saturated carbocycles. The van der Waals surface area contributed by atoms with E-state index in [1.165, 1.54) is 0 Å². The molecule has 2 heterocycles. The van der Waals surface area contributed by atoms with Gasteiger partial charge in [-0.3, -0.25) is 9.36 Å². The van der Waals surface area contributed by atoms with Crippen LogP contribution in [0.15, 0.2) is 29.1 Å². The van der Waals surface area contributed by atoms with Gasteiger partial charge in [0.15, 0.2) is 6.61 Å². The summed E-state index contributed by atoms with van der Waals surface area (Å²) in [6.07, 6.45) is -3.99. The number of piperidine rings is 1. The molecule has 0 atom stereocenters. The molecule has 0 radical (unpaired) electrons. The summed E-state index contributed by atoms with van der Waals surface area (Å²) in [4.78, 5) is 26.0. The van der Waals surface area contributed by atoms with E-state index in [0.29, 0.717) is 36.2 Å². The minimum absolute atomic E-state index is 0.114. The Morgan fingerprint density at radius 1 is 1.25 bits per heavy atom. The van der Waals surface area contributed by atoms with Crippen molar-refractivity contribution < 1.29 is 22.7 Å². The Balaban J connectivity index is 1.60. The molecule has 1 aromatic heterocycles. The zero-order valence-electron chi connectivity index (χ0n) is 15.6. The summed E-state index contributed by atoms with van der Waals surface area (Å²) in [7, 11) is 1.05. The Morgan fingerprint density at radius 3 is 2.46 bits per heavy atom. The van der Waals surface area contributed by atoms with Crippen molar-refractivity contribution in [2.45, 2.75) is 32.0 Å². The molecule has 0 spiro atoms. The van der Waals surface area contributed by atoms with E-state index in [4.69, 9.17) is 4.74 Å². The van der Waals surface area contributed by atoms with Crippen LogP contribution in [-0.4, -0.2) is 44.9 Å². The van der Waals surface area contributed by atoms with Gasteiger partial charge in [-0.15, -0.1) is 5.10 Å². The molecular formula is C18H21F3N4O3. The van der Waals surface area contributed by atoms with Gasteiger partial charge in [0.2, 0.25) is 5.82 Å². The first-order chi connectivity index (χ1) is 13.2. The Bertz CT molecular complexity index is 912. The third-order valence-electron chi connectivity index (χ3n) is 4.86. The van der Waals surface area contributed by atoms with Gasteiger partial charge in [0.05, 0.1) is 6.04 Å². The molecule has 1 saturated heterocycles. The number of aryl methyl sites for hydroxylation is 1. The molecule has 1 aromatic carbocycles. The number of alkyl halides is 3. The second-order valence-electron chi connectivity index (χ2n) is 6.77. The summed E-state index contributed by atoms with van der Waals surface area (Å²) in [5.74, 6) is -0.792. The molecular weight excluding hydrogens is 377 g/mol. The fourth-order valence-electron chi connectivity index (χ4n) is 3.25. The maximum Gasteiger partial charge on any atom is 0.451 e. The van der Waals surface area contributed by atoms with E-state index in [1.807, 2.05) is 25.1 Å². The molecule has 0 bridgehead atoms. The van der Waals surface area contributed by atoms with Crippen molar-refractivity contribution in [2.24, 2.45) is 7.05 Å². The molecule has 0 N–H and O–H groups in total. The number of likely N-dealkylation sites (tertiary alicyclic amines) is 1. The summed E-state index contributed by atoms with van der Waals surface area (Å²) >= 11 is 0. The quantitative estimate of drug-likeness (QED) is 0.792. The Labute approximate surface area is 159 Å². The fourth-order valence-corrected chi connectivity index (χ4v) is 3.25. The van der Waals surface area contributed by atoms with Gasteiger partial charge in [-0.2, -0.15) is 13.2 Å². The van der Waals surface area contributed by atoms with E-state index in [-0.39, 0.29) is 12.5 Å². The third kappa shape index (κ3) is 4.05. The zero-order chi connectivity index (χ0) is 20.5. The summed E-state index contributed by atoms with van der Waals surface area (Å²) in [6.45, 7) is 2.42. The van der Waals surface area contributed by atoms with Crippen LogP contribution >= 0.6 is 0 Å². The topological polar surface area (TPSA) is 69.4 Å². The smallest absolute Gasteiger partial charge is 0.451 e. The van der Waals surface area contributed by atoms with Gasteiger partial charge in [0.1, 0.15) is 5.75 Å². The van der Waals surface area contributed by atoms with E-state index in [0.717, 1.165) is 17.3 Å². The average Bonchev–Trinajstić information content (AvgIpc) is 2.96. The summed E-state index contributed by atoms with van der Waals surface area (Å²) in [5.41, 5.74) is 0.115. The summed E-state index contributed by atoms with van der Waals surface area (Å²) < 4.78 is 45.7. The highest BCUT2D eigenvalue weighted by molar-refractivity contribution is 5.77. The maximum absolute atomic E-state index is 12.9. The largest absolute Gasteiger partial charge is 0.484 e. The number of amides is 1. The van der Waals surface area contributed by atoms with Crippen LogP contribution in [0.3, 0.4) is 0 Å². The first-order valence-electron chi connectivity index (χ1n) is 8.87. The van der Waals surface area contributed by atoms with Crippen LogP contribution in [0.4, 0.5) is 13.2 Å². The molecule has 2 aromatic rings. The van der Waals surface area contributed by atoms with Crippen molar-refractivity contribution in [3.8, 4) is 5.75 Å². The van der Waals surface area contributed by atoms with E-state index < -0.39 is 23.7 Å². The molecule has 3 rings (SSSR count). The van der Waals surface area contributed by atoms with E-state index in [9.17, 15) is 22.8 Å². The van der Waals surface area contributed by atoms with Gasteiger partial charge in [-0.1, -0.05) is 18.2 Å². The number of carbonyl (C=O) groups excluding carboxylic acids is 1. The molecule has 152 valence electrons. The minimum atomic E-state index is -4.69. The van der Waals surface area contributed by atoms with Crippen molar-refractivity contribution in [1.29, 1.82) is 0 Å². The van der Waals surface area contributed by atoms with Crippen LogP contribution in [-0.2, 0) is 18.0 Å². The number of para-hydroxylation sites is 1. The molecule has 1 aliphatic rings. The van der Waals surface area contributed by atoms with E-state index >= 15 is 0 Å². The second-order valence-corrected chi connectivity index (χ2v) is 6.77. The Morgan fingerprint density at radius 2 is 1.89 bits per heavy atom. The lowest BCUT2D eigenvalue weighted by atomic mass is 10.1. The molecule has 1 aliphatic heterocycles. The standard InChI is InChI=1S/C18H21F3N4O3/c1-12-5-3-4-6-14(12)28-11-15(26)24-9-7-13(8-10-24)25-17(27)23(2)16(22-25)18(19,20)21/h3-6,13H,7-11H2,1-2H3. The lowest BCUT2D eigenvalue weighted by Gasteiger charge is -2.31. The normalized spacial score (nSPS) is 15.7. The number of ether oxygens (including phenoxy) is 1. The third-order valence-corrected chi connectivity index (χ3v) is 4.86. The van der Waals surface area contributed by atoms with Crippen LogP contribution in [0.2, 0.25) is 0 Å². The molecule has 0 unspecified atom stereocenters. The fraction of sp³-hybridized carbons (Fsp3) is 0.500. The molecule has 10 heteroatoms. The van der Waals surface area contributed by atoms with Crippen molar-refractivity contribution in [3.05, 3.63) is 46.1 Å². The lowest BCUT2D eigenvalue weighted by molar-refractivity contribution is -0.147. The van der Waals surface area contributed by atoms with Gasteiger partial charge < -0.3 is 9.64 Å². The number of hydrogen-bond acceptors (Lipinski definition) is 4. The highest BCUT2D eigenvalue weighted by Gasteiger charge is 2.39. The van der Waals surface area contributed by atoms with Crippen LogP contribution < -0.4 is 10.4 Å². The van der Waals surface area contributed by atoms with E-state index in [1.54, 1.807) is 11.0 Å². The average molecular weight is 398 g/mol. The molecule has 1 amide bonds. The molecule has 28 heavy (non-hydrogen) atoms. The molecule has 1 fully saturated rings. The monoisotopic (exact) mass is 398 g/mol. The van der Waals surface area contributed by atoms with Crippen LogP contribution in [0.5, 0.6) is 5.75 Å². The van der Waals surface area contributed by atoms with Gasteiger partial charge in [0.25, 0.3) is 5.91 Å². The first kappa shape index (κ1) is 20.0. The summed E-state index contributed by atoms with van der Waals surface area (Å²) in [5, 5.41) is 3.47. The molecule has 7 nitrogen and oxygen atoms in total. The molecule has 0 aliphatic carbocycles. The van der Waals surface area contributed by atoms with Crippen LogP contribution in [0.25, 0.3) is 0 Å². The van der Waals surface area contributed by atoms with Crippen LogP contribution in [0.1, 0.15) is 30.3 Å². The number of rotatable bonds is 4. The predicted molar refractivity (Wildman–Crippen MR) is 94.0 cm³/mol. The van der Waals surface area contributed by atoms with Gasteiger partial charge in [-0.25, -0.2) is 9.48 Å². The number of hydrogen-bond donors (Lipinski definition) is 0. The zero-order valence-corrected chi connectivity index (χ0v) is 15.6. The van der Waals surface area contributed by atoms with Crippen molar-refractivity contribution in [3.63, 3.8) is 0 Å². The highest BCUT2D eigenvalue weighted by Crippen LogP contribution is 2.28. The number of halogens is 3. The van der Waals surface area contributed by atoms with Gasteiger partial charge in [0, 0.05) is 20.1 Å². The lowest BCUT2D eigenvalue weighted by Crippen LogP contribution is -2.43. The highest BCUT2D eigenvalue weighted by atomic mass is 19.4. The number of aromatic nitrogens is 3. The second kappa shape index (κ2) is 7.69.